The highest BCUT2D eigenvalue weighted by molar-refractivity contribution is 5.89. The molecule has 0 amide bonds. The van der Waals surface area contributed by atoms with Gasteiger partial charge in [0.1, 0.15) is 0 Å². The Morgan fingerprint density at radius 1 is 0.524 bits per heavy atom. The molecule has 212 valence electrons. The van der Waals surface area contributed by atoms with Crippen molar-refractivity contribution < 1.29 is 19.1 Å². The summed E-state index contributed by atoms with van der Waals surface area (Å²) in [5.41, 5.74) is 7.28. The Morgan fingerprint density at radius 2 is 0.833 bits per heavy atom. The Hall–Kier alpha value is -4.18. The van der Waals surface area contributed by atoms with Crippen LogP contribution in [0.25, 0.3) is 22.3 Å². The van der Waals surface area contributed by atoms with Crippen molar-refractivity contribution in [2.24, 2.45) is 5.41 Å². The fraction of sp³-hybridized carbons (Fsp3) is 0.316. The maximum Gasteiger partial charge on any atom is 0.306 e. The van der Waals surface area contributed by atoms with E-state index in [2.05, 4.69) is 97.1 Å². The number of hydrogen-bond donors (Lipinski definition) is 0. The Labute approximate surface area is 247 Å². The summed E-state index contributed by atoms with van der Waals surface area (Å²) in [7, 11) is 2.97. The molecule has 4 aromatic rings. The van der Waals surface area contributed by atoms with Gasteiger partial charge in [0.05, 0.1) is 27.1 Å². The van der Waals surface area contributed by atoms with E-state index in [0.29, 0.717) is 0 Å². The molecule has 0 aliphatic heterocycles. The first-order valence-corrected chi connectivity index (χ1v) is 15.1. The van der Waals surface area contributed by atoms with Crippen molar-refractivity contribution in [3.8, 4) is 22.3 Å². The zero-order valence-electron chi connectivity index (χ0n) is 24.3. The third kappa shape index (κ3) is 3.35. The van der Waals surface area contributed by atoms with E-state index in [1.165, 1.54) is 14.2 Å². The Balaban J connectivity index is 1.68. The van der Waals surface area contributed by atoms with E-state index >= 15 is 0 Å². The molecule has 4 heteroatoms. The summed E-state index contributed by atoms with van der Waals surface area (Å²) in [5.74, 6) is -0.474. The lowest BCUT2D eigenvalue weighted by Gasteiger charge is -2.61. The van der Waals surface area contributed by atoms with Gasteiger partial charge in [-0.15, -0.1) is 0 Å². The standard InChI is InChI=1S/C38H36O4/c1-41-34(39)24-37(30-18-8-4-14-26(30)27-15-5-9-19-31(27)37)36(22-12-3-13-23-36)38(25-35(40)42-2)32-20-10-6-16-28(32)29-17-7-11-21-33(29)38/h4-11,14-21H,3,12-13,22-25H2,1-2H3. The summed E-state index contributed by atoms with van der Waals surface area (Å²) in [5, 5.41) is 0. The summed E-state index contributed by atoms with van der Waals surface area (Å²) >= 11 is 0. The van der Waals surface area contributed by atoms with E-state index in [1.807, 2.05) is 0 Å². The van der Waals surface area contributed by atoms with Gasteiger partial charge in [0.15, 0.2) is 0 Å². The molecule has 7 rings (SSSR count). The highest BCUT2D eigenvalue weighted by atomic mass is 16.5. The molecule has 42 heavy (non-hydrogen) atoms. The van der Waals surface area contributed by atoms with Gasteiger partial charge in [-0.1, -0.05) is 116 Å². The fourth-order valence-corrected chi connectivity index (χ4v) is 9.35. The molecular formula is C38H36O4. The molecule has 4 nitrogen and oxygen atoms in total. The normalized spacial score (nSPS) is 18.2. The third-order valence-electron chi connectivity index (χ3n) is 10.7. The Morgan fingerprint density at radius 3 is 1.14 bits per heavy atom. The first-order valence-electron chi connectivity index (χ1n) is 15.1. The van der Waals surface area contributed by atoms with Crippen LogP contribution >= 0.6 is 0 Å². The van der Waals surface area contributed by atoms with E-state index < -0.39 is 16.2 Å². The topological polar surface area (TPSA) is 52.6 Å². The summed E-state index contributed by atoms with van der Waals surface area (Å²) in [6, 6.07) is 34.3. The Bertz CT molecular complexity index is 1480. The van der Waals surface area contributed by atoms with Crippen LogP contribution in [-0.2, 0) is 29.9 Å². The van der Waals surface area contributed by atoms with Gasteiger partial charge in [-0.2, -0.15) is 0 Å². The summed E-state index contributed by atoms with van der Waals surface area (Å²) < 4.78 is 11.0. The molecule has 0 spiro atoms. The van der Waals surface area contributed by atoms with Crippen LogP contribution in [0.15, 0.2) is 97.1 Å². The van der Waals surface area contributed by atoms with E-state index in [1.54, 1.807) is 0 Å². The maximum atomic E-state index is 13.8. The van der Waals surface area contributed by atoms with Crippen molar-refractivity contribution in [2.75, 3.05) is 14.2 Å². The van der Waals surface area contributed by atoms with Gasteiger partial charge in [0, 0.05) is 10.8 Å². The molecule has 0 saturated heterocycles. The van der Waals surface area contributed by atoms with Crippen LogP contribution in [0, 0.1) is 5.41 Å². The van der Waals surface area contributed by atoms with Crippen molar-refractivity contribution >= 4 is 11.9 Å². The fourth-order valence-electron chi connectivity index (χ4n) is 9.35. The van der Waals surface area contributed by atoms with Gasteiger partial charge in [0.25, 0.3) is 0 Å². The highest BCUT2D eigenvalue weighted by Gasteiger charge is 2.69. The maximum absolute atomic E-state index is 13.8. The van der Waals surface area contributed by atoms with Crippen molar-refractivity contribution in [3.05, 3.63) is 119 Å². The highest BCUT2D eigenvalue weighted by Crippen LogP contribution is 2.74. The van der Waals surface area contributed by atoms with Gasteiger partial charge in [0.2, 0.25) is 0 Å². The predicted octanol–water partition coefficient (Wildman–Crippen LogP) is 8.00. The molecule has 0 radical (unpaired) electrons. The molecule has 0 bridgehead atoms. The lowest BCUT2D eigenvalue weighted by atomic mass is 9.40. The van der Waals surface area contributed by atoms with Gasteiger partial charge in [-0.3, -0.25) is 9.59 Å². The second-order valence-electron chi connectivity index (χ2n) is 12.1. The molecule has 0 heterocycles. The van der Waals surface area contributed by atoms with Crippen LogP contribution in [0.5, 0.6) is 0 Å². The molecule has 0 N–H and O–H groups in total. The number of carbonyl (C=O) groups excluding carboxylic acids is 2. The summed E-state index contributed by atoms with van der Waals surface area (Å²) in [6.07, 6.45) is 5.28. The van der Waals surface area contributed by atoms with Crippen LogP contribution < -0.4 is 0 Å². The zero-order valence-corrected chi connectivity index (χ0v) is 24.3. The first kappa shape index (κ1) is 26.7. The van der Waals surface area contributed by atoms with Gasteiger partial charge in [-0.25, -0.2) is 0 Å². The van der Waals surface area contributed by atoms with Crippen LogP contribution in [0.3, 0.4) is 0 Å². The molecule has 0 unspecified atom stereocenters. The average molecular weight is 557 g/mol. The smallest absolute Gasteiger partial charge is 0.306 e. The molecule has 0 aromatic heterocycles. The second-order valence-corrected chi connectivity index (χ2v) is 12.1. The van der Waals surface area contributed by atoms with Crippen LogP contribution in [0.1, 0.15) is 67.2 Å². The molecular weight excluding hydrogens is 520 g/mol. The van der Waals surface area contributed by atoms with E-state index in [4.69, 9.17) is 9.47 Å². The number of carbonyl (C=O) groups is 2. The molecule has 3 aliphatic rings. The number of esters is 2. The average Bonchev–Trinajstić information content (AvgIpc) is 3.50. The van der Waals surface area contributed by atoms with Crippen molar-refractivity contribution in [1.82, 2.24) is 0 Å². The molecule has 0 atom stereocenters. The minimum absolute atomic E-state index is 0.199. The number of hydrogen-bond acceptors (Lipinski definition) is 4. The number of benzene rings is 4. The van der Waals surface area contributed by atoms with E-state index in [9.17, 15) is 9.59 Å². The van der Waals surface area contributed by atoms with Crippen LogP contribution in [0.4, 0.5) is 0 Å². The number of ether oxygens (including phenoxy) is 2. The van der Waals surface area contributed by atoms with E-state index in [-0.39, 0.29) is 24.8 Å². The first-order chi connectivity index (χ1) is 20.5. The molecule has 4 aromatic carbocycles. The molecule has 1 saturated carbocycles. The Kier molecular flexibility index (Phi) is 6.34. The van der Waals surface area contributed by atoms with Gasteiger partial charge < -0.3 is 9.47 Å². The number of methoxy groups -OCH3 is 2. The number of rotatable bonds is 6. The van der Waals surface area contributed by atoms with Crippen molar-refractivity contribution in [1.29, 1.82) is 0 Å². The minimum Gasteiger partial charge on any atom is -0.469 e. The SMILES string of the molecule is COC(=O)CC1(C2(C3(CC(=O)OC)c4ccccc4-c4ccccc43)CCCCC2)c2ccccc2-c2ccccc21. The lowest BCUT2D eigenvalue weighted by molar-refractivity contribution is -0.146. The zero-order chi connectivity index (χ0) is 29.0. The minimum atomic E-state index is -0.730. The number of fused-ring (bicyclic) bond motifs is 6. The monoisotopic (exact) mass is 556 g/mol. The molecule has 1 fully saturated rings. The van der Waals surface area contributed by atoms with E-state index in [0.717, 1.165) is 76.6 Å². The lowest BCUT2D eigenvalue weighted by Crippen LogP contribution is -2.60. The predicted molar refractivity (Wildman–Crippen MR) is 164 cm³/mol. The van der Waals surface area contributed by atoms with Crippen molar-refractivity contribution in [2.45, 2.75) is 55.8 Å². The van der Waals surface area contributed by atoms with Crippen LogP contribution in [0.2, 0.25) is 0 Å². The largest absolute Gasteiger partial charge is 0.469 e. The van der Waals surface area contributed by atoms with Crippen LogP contribution in [-0.4, -0.2) is 26.2 Å². The third-order valence-corrected chi connectivity index (χ3v) is 10.7. The van der Waals surface area contributed by atoms with Gasteiger partial charge in [-0.05, 0) is 62.8 Å². The summed E-state index contributed by atoms with van der Waals surface area (Å²) in [4.78, 5) is 27.5. The second kappa shape index (κ2) is 9.97. The van der Waals surface area contributed by atoms with Crippen molar-refractivity contribution in [3.63, 3.8) is 0 Å². The molecule has 3 aliphatic carbocycles. The summed E-state index contributed by atoms with van der Waals surface area (Å²) in [6.45, 7) is 0. The quantitative estimate of drug-likeness (QED) is 0.226. The van der Waals surface area contributed by atoms with Gasteiger partial charge >= 0.3 is 11.9 Å².